The van der Waals surface area contributed by atoms with Gasteiger partial charge < -0.3 is 20.1 Å². The van der Waals surface area contributed by atoms with Crippen LogP contribution in [0.4, 0.5) is 18.9 Å². The van der Waals surface area contributed by atoms with Gasteiger partial charge in [-0.25, -0.2) is 13.2 Å². The molecule has 2 N–H and O–H groups in total. The van der Waals surface area contributed by atoms with Crippen LogP contribution in [0.5, 0.6) is 0 Å². The Morgan fingerprint density at radius 2 is 2.11 bits per heavy atom. The number of hydrogen-bond donors (Lipinski definition) is 1. The van der Waals surface area contributed by atoms with Crippen LogP contribution in [0.3, 0.4) is 0 Å². The van der Waals surface area contributed by atoms with Gasteiger partial charge in [-0.15, -0.1) is 0 Å². The van der Waals surface area contributed by atoms with Crippen molar-refractivity contribution in [2.24, 2.45) is 16.6 Å². The number of alkyl halides is 2. The number of aliphatic imine (C=N–C) groups is 1. The summed E-state index contributed by atoms with van der Waals surface area (Å²) in [5, 5.41) is 0. The van der Waals surface area contributed by atoms with Gasteiger partial charge in [0.25, 0.3) is 5.92 Å². The SMILES string of the molecule is CC[C@]1(c2cc(N3C=C(C4CC4)OC3)ccc2F)N=C(N)COCC1(F)F. The Morgan fingerprint density at radius 1 is 1.33 bits per heavy atom. The molecule has 1 aromatic carbocycles. The van der Waals surface area contributed by atoms with Crippen LogP contribution in [0.15, 0.2) is 35.2 Å². The van der Waals surface area contributed by atoms with Crippen molar-refractivity contribution in [3.05, 3.63) is 41.5 Å². The number of rotatable bonds is 4. The fourth-order valence-corrected chi connectivity index (χ4v) is 3.67. The second-order valence-corrected chi connectivity index (χ2v) is 7.23. The number of anilines is 1. The Morgan fingerprint density at radius 3 is 2.81 bits per heavy atom. The lowest BCUT2D eigenvalue weighted by molar-refractivity contribution is -0.123. The third-order valence-corrected chi connectivity index (χ3v) is 5.34. The molecule has 8 heteroatoms. The molecule has 1 fully saturated rings. The number of halogens is 3. The van der Waals surface area contributed by atoms with Crippen LogP contribution >= 0.6 is 0 Å². The zero-order valence-electron chi connectivity index (χ0n) is 15.1. The van der Waals surface area contributed by atoms with Crippen LogP contribution < -0.4 is 10.6 Å². The van der Waals surface area contributed by atoms with E-state index in [9.17, 15) is 4.39 Å². The predicted molar refractivity (Wildman–Crippen MR) is 95.0 cm³/mol. The number of nitrogens with zero attached hydrogens (tertiary/aromatic N) is 2. The normalized spacial score (nSPS) is 27.6. The molecule has 0 spiro atoms. The Labute approximate surface area is 155 Å². The van der Waals surface area contributed by atoms with E-state index >= 15 is 8.78 Å². The molecule has 0 saturated heterocycles. The van der Waals surface area contributed by atoms with E-state index < -0.39 is 23.9 Å². The Balaban J connectivity index is 1.78. The van der Waals surface area contributed by atoms with E-state index in [2.05, 4.69) is 4.99 Å². The summed E-state index contributed by atoms with van der Waals surface area (Å²) in [5.41, 5.74) is 4.02. The molecule has 0 bridgehead atoms. The standard InChI is InChI=1S/C19H22F3N3O2/c1-2-18(19(21,22)10-26-9-17(23)24-18)14-7-13(5-6-15(14)20)25-8-16(27-11-25)12-3-4-12/h5-8,12H,2-4,9-11H2,1H3,(H2,23,24)/t18-/m1/s1. The second-order valence-electron chi connectivity index (χ2n) is 7.23. The first-order chi connectivity index (χ1) is 12.9. The summed E-state index contributed by atoms with van der Waals surface area (Å²) in [4.78, 5) is 5.84. The maximum atomic E-state index is 15.0. The molecule has 27 heavy (non-hydrogen) atoms. The van der Waals surface area contributed by atoms with Crippen LogP contribution in [0.1, 0.15) is 31.7 Å². The predicted octanol–water partition coefficient (Wildman–Crippen LogP) is 3.50. The number of ether oxygens (including phenoxy) is 2. The van der Waals surface area contributed by atoms with Gasteiger partial charge in [-0.2, -0.15) is 0 Å². The van der Waals surface area contributed by atoms with E-state index in [1.807, 2.05) is 6.20 Å². The molecule has 2 heterocycles. The van der Waals surface area contributed by atoms with Crippen molar-refractivity contribution in [1.82, 2.24) is 0 Å². The zero-order chi connectivity index (χ0) is 19.2. The van der Waals surface area contributed by atoms with Crippen LogP contribution in [0.25, 0.3) is 0 Å². The molecule has 1 aromatic rings. The van der Waals surface area contributed by atoms with E-state index in [1.54, 1.807) is 17.9 Å². The number of benzene rings is 1. The van der Waals surface area contributed by atoms with Crippen molar-refractivity contribution in [2.75, 3.05) is 24.8 Å². The van der Waals surface area contributed by atoms with Crippen LogP contribution in [0.2, 0.25) is 0 Å². The highest BCUT2D eigenvalue weighted by molar-refractivity contribution is 5.82. The van der Waals surface area contributed by atoms with E-state index in [4.69, 9.17) is 15.2 Å². The largest absolute Gasteiger partial charge is 0.475 e. The fourth-order valence-electron chi connectivity index (χ4n) is 3.67. The average molecular weight is 381 g/mol. The first kappa shape index (κ1) is 18.2. The minimum Gasteiger partial charge on any atom is -0.475 e. The Hall–Kier alpha value is -2.22. The lowest BCUT2D eigenvalue weighted by atomic mass is 9.81. The quantitative estimate of drug-likeness (QED) is 0.867. The van der Waals surface area contributed by atoms with E-state index in [0.29, 0.717) is 11.6 Å². The van der Waals surface area contributed by atoms with Gasteiger partial charge in [-0.1, -0.05) is 6.92 Å². The Bertz CT molecular complexity index is 807. The molecule has 3 aliphatic rings. The summed E-state index contributed by atoms with van der Waals surface area (Å²) >= 11 is 0. The first-order valence-corrected chi connectivity index (χ1v) is 9.07. The molecule has 4 rings (SSSR count). The minimum absolute atomic E-state index is 0.0701. The lowest BCUT2D eigenvalue weighted by Crippen LogP contribution is -2.47. The van der Waals surface area contributed by atoms with Crippen molar-refractivity contribution < 1.29 is 22.6 Å². The summed E-state index contributed by atoms with van der Waals surface area (Å²) in [6.07, 6.45) is 3.92. The highest BCUT2D eigenvalue weighted by Crippen LogP contribution is 2.47. The molecule has 146 valence electrons. The summed E-state index contributed by atoms with van der Waals surface area (Å²) in [5.74, 6) is -2.89. The van der Waals surface area contributed by atoms with E-state index in [0.717, 1.165) is 18.6 Å². The summed E-state index contributed by atoms with van der Waals surface area (Å²) < 4.78 is 55.4. The highest BCUT2D eigenvalue weighted by atomic mass is 19.3. The van der Waals surface area contributed by atoms with Crippen molar-refractivity contribution in [3.8, 4) is 0 Å². The number of hydrogen-bond acceptors (Lipinski definition) is 5. The topological polar surface area (TPSA) is 60.1 Å². The second kappa shape index (κ2) is 6.44. The summed E-state index contributed by atoms with van der Waals surface area (Å²) in [6.45, 7) is 0.756. The van der Waals surface area contributed by atoms with Gasteiger partial charge in [0.15, 0.2) is 12.3 Å². The highest BCUT2D eigenvalue weighted by Gasteiger charge is 2.56. The molecule has 1 saturated carbocycles. The molecule has 2 aliphatic heterocycles. The third-order valence-electron chi connectivity index (χ3n) is 5.34. The molecule has 0 amide bonds. The maximum Gasteiger partial charge on any atom is 0.299 e. The van der Waals surface area contributed by atoms with Gasteiger partial charge in [-0.3, -0.25) is 4.99 Å². The fraction of sp³-hybridized carbons (Fsp3) is 0.526. The molecule has 0 radical (unpaired) electrons. The molecule has 0 aromatic heterocycles. The molecular formula is C19H22F3N3O2. The molecule has 1 atom stereocenters. The smallest absolute Gasteiger partial charge is 0.299 e. The van der Waals surface area contributed by atoms with E-state index in [1.165, 1.54) is 12.1 Å². The van der Waals surface area contributed by atoms with Crippen LogP contribution in [0, 0.1) is 11.7 Å². The third kappa shape index (κ3) is 3.05. The van der Waals surface area contributed by atoms with E-state index in [-0.39, 0.29) is 31.2 Å². The first-order valence-electron chi connectivity index (χ1n) is 9.07. The maximum absolute atomic E-state index is 15.0. The molecular weight excluding hydrogens is 359 g/mol. The van der Waals surface area contributed by atoms with Gasteiger partial charge in [0.1, 0.15) is 30.6 Å². The number of allylic oxidation sites excluding steroid dienone is 1. The van der Waals surface area contributed by atoms with Gasteiger partial charge in [-0.05, 0) is 37.5 Å². The van der Waals surface area contributed by atoms with Crippen LogP contribution in [-0.4, -0.2) is 31.7 Å². The Kier molecular flexibility index (Phi) is 4.33. The van der Waals surface area contributed by atoms with Crippen LogP contribution in [-0.2, 0) is 15.0 Å². The number of nitrogens with two attached hydrogens (primary N) is 1. The summed E-state index contributed by atoms with van der Waals surface area (Å²) in [6, 6.07) is 4.17. The lowest BCUT2D eigenvalue weighted by Gasteiger charge is -2.36. The van der Waals surface area contributed by atoms with Crippen molar-refractivity contribution in [1.29, 1.82) is 0 Å². The molecule has 1 aliphatic carbocycles. The monoisotopic (exact) mass is 381 g/mol. The van der Waals surface area contributed by atoms with Gasteiger partial charge in [0.2, 0.25) is 0 Å². The molecule has 5 nitrogen and oxygen atoms in total. The van der Waals surface area contributed by atoms with Crippen molar-refractivity contribution in [3.63, 3.8) is 0 Å². The minimum atomic E-state index is -3.40. The van der Waals surface area contributed by atoms with Crippen molar-refractivity contribution in [2.45, 2.75) is 37.6 Å². The van der Waals surface area contributed by atoms with Crippen molar-refractivity contribution >= 4 is 11.5 Å². The molecule has 0 unspecified atom stereocenters. The summed E-state index contributed by atoms with van der Waals surface area (Å²) in [7, 11) is 0. The zero-order valence-corrected chi connectivity index (χ0v) is 15.1. The average Bonchev–Trinajstić information content (AvgIpc) is 3.38. The van der Waals surface area contributed by atoms with Gasteiger partial charge in [0, 0.05) is 23.4 Å². The van der Waals surface area contributed by atoms with Gasteiger partial charge >= 0.3 is 0 Å². The van der Waals surface area contributed by atoms with Gasteiger partial charge in [0.05, 0.1) is 0 Å². The number of amidine groups is 1.